The van der Waals surface area contributed by atoms with Gasteiger partial charge in [-0.05, 0) is 37.1 Å². The lowest BCUT2D eigenvalue weighted by Gasteiger charge is -2.23. The molecule has 0 saturated carbocycles. The molecule has 1 N–H and O–H groups in total. The Labute approximate surface area is 99.0 Å². The van der Waals surface area contributed by atoms with Crippen molar-refractivity contribution in [3.63, 3.8) is 0 Å². The second-order valence-electron chi connectivity index (χ2n) is 4.52. The lowest BCUT2D eigenvalue weighted by atomic mass is 10.1. The molecule has 0 saturated heterocycles. The summed E-state index contributed by atoms with van der Waals surface area (Å²) in [6.07, 6.45) is 0.238. The fraction of sp³-hybridized carbons (Fsp3) is 0.571. The Bertz CT molecular complexity index is 309. The van der Waals surface area contributed by atoms with Crippen LogP contribution in [0.4, 0.5) is 0 Å². The van der Waals surface area contributed by atoms with Gasteiger partial charge in [-0.15, -0.1) is 0 Å². The Morgan fingerprint density at radius 2 is 2.06 bits per heavy atom. The van der Waals surface area contributed by atoms with E-state index in [4.69, 9.17) is 4.74 Å². The molecule has 0 heterocycles. The quantitative estimate of drug-likeness (QED) is 0.797. The van der Waals surface area contributed by atoms with Crippen LogP contribution in [0.2, 0.25) is 0 Å². The van der Waals surface area contributed by atoms with E-state index in [0.717, 1.165) is 18.8 Å². The van der Waals surface area contributed by atoms with Gasteiger partial charge < -0.3 is 10.1 Å². The van der Waals surface area contributed by atoms with E-state index in [1.165, 1.54) is 5.56 Å². The van der Waals surface area contributed by atoms with Gasteiger partial charge in [0.05, 0.1) is 0 Å². The number of rotatable bonds is 6. The molecule has 0 radical (unpaired) electrons. The Morgan fingerprint density at radius 3 is 2.62 bits per heavy atom. The highest BCUT2D eigenvalue weighted by Crippen LogP contribution is 2.17. The molecule has 0 bridgehead atoms. The molecule has 0 aliphatic rings. The zero-order valence-corrected chi connectivity index (χ0v) is 10.8. The average molecular weight is 221 g/mol. The molecule has 1 atom stereocenters. The third-order valence-corrected chi connectivity index (χ3v) is 2.62. The molecule has 2 heteroatoms. The van der Waals surface area contributed by atoms with Gasteiger partial charge in [-0.2, -0.15) is 0 Å². The molecule has 0 amide bonds. The second kappa shape index (κ2) is 6.54. The smallest absolute Gasteiger partial charge is 0.120 e. The molecular formula is C14H23NO. The lowest BCUT2D eigenvalue weighted by molar-refractivity contribution is 0.149. The van der Waals surface area contributed by atoms with E-state index in [-0.39, 0.29) is 6.10 Å². The number of hydrogen-bond acceptors (Lipinski definition) is 2. The number of ether oxygens (including phenoxy) is 1. The van der Waals surface area contributed by atoms with Crippen molar-refractivity contribution < 1.29 is 4.74 Å². The Hall–Kier alpha value is -1.02. The molecule has 1 aromatic carbocycles. The minimum atomic E-state index is 0.238. The summed E-state index contributed by atoms with van der Waals surface area (Å²) in [5, 5.41) is 3.34. The van der Waals surface area contributed by atoms with Crippen LogP contribution in [0.3, 0.4) is 0 Å². The second-order valence-corrected chi connectivity index (χ2v) is 4.52. The molecule has 1 unspecified atom stereocenters. The van der Waals surface area contributed by atoms with Gasteiger partial charge in [-0.1, -0.05) is 32.9 Å². The summed E-state index contributed by atoms with van der Waals surface area (Å²) < 4.78 is 6.00. The van der Waals surface area contributed by atoms with Crippen LogP contribution in [0.5, 0.6) is 5.75 Å². The van der Waals surface area contributed by atoms with Crippen molar-refractivity contribution in [2.45, 2.75) is 33.8 Å². The van der Waals surface area contributed by atoms with Crippen molar-refractivity contribution in [2.24, 2.45) is 5.92 Å². The van der Waals surface area contributed by atoms with Crippen LogP contribution in [0.25, 0.3) is 0 Å². The molecule has 1 aromatic rings. The van der Waals surface area contributed by atoms with Gasteiger partial charge in [0.15, 0.2) is 0 Å². The van der Waals surface area contributed by atoms with Crippen LogP contribution in [0.15, 0.2) is 24.3 Å². The predicted octanol–water partition coefficient (Wildman–Crippen LogP) is 3.01. The monoisotopic (exact) mass is 221 g/mol. The van der Waals surface area contributed by atoms with Gasteiger partial charge in [-0.25, -0.2) is 0 Å². The average Bonchev–Trinajstić information content (AvgIpc) is 2.24. The van der Waals surface area contributed by atoms with E-state index < -0.39 is 0 Å². The van der Waals surface area contributed by atoms with Crippen LogP contribution in [-0.4, -0.2) is 19.2 Å². The number of aryl methyl sites for hydroxylation is 1. The maximum atomic E-state index is 6.00. The predicted molar refractivity (Wildman–Crippen MR) is 69.0 cm³/mol. The number of nitrogens with one attached hydrogen (secondary N) is 1. The maximum Gasteiger partial charge on any atom is 0.120 e. The first-order valence-corrected chi connectivity index (χ1v) is 6.07. The first-order chi connectivity index (χ1) is 7.63. The minimum absolute atomic E-state index is 0.238. The molecule has 0 aromatic heterocycles. The normalized spacial score (nSPS) is 12.8. The zero-order chi connectivity index (χ0) is 12.0. The summed E-state index contributed by atoms with van der Waals surface area (Å²) in [6.45, 7) is 10.5. The Balaban J connectivity index is 2.60. The number of hydrogen-bond donors (Lipinski definition) is 1. The Morgan fingerprint density at radius 1 is 1.31 bits per heavy atom. The summed E-state index contributed by atoms with van der Waals surface area (Å²) in [7, 11) is 0. The number of benzene rings is 1. The molecule has 0 spiro atoms. The summed E-state index contributed by atoms with van der Waals surface area (Å²) in [5.41, 5.74) is 1.24. The van der Waals surface area contributed by atoms with Crippen molar-refractivity contribution in [1.29, 1.82) is 0 Å². The molecule has 0 fully saturated rings. The SMILES string of the molecule is CCNCC(Oc1cccc(C)c1)C(C)C. The molecule has 16 heavy (non-hydrogen) atoms. The fourth-order valence-corrected chi connectivity index (χ4v) is 1.56. The summed E-state index contributed by atoms with van der Waals surface area (Å²) in [5.74, 6) is 1.48. The molecule has 0 aliphatic carbocycles. The fourth-order valence-electron chi connectivity index (χ4n) is 1.56. The highest BCUT2D eigenvalue weighted by atomic mass is 16.5. The van der Waals surface area contributed by atoms with Gasteiger partial charge in [0.2, 0.25) is 0 Å². The van der Waals surface area contributed by atoms with Crippen LogP contribution >= 0.6 is 0 Å². The standard InChI is InChI=1S/C14H23NO/c1-5-15-10-14(11(2)3)16-13-8-6-7-12(4)9-13/h6-9,11,14-15H,5,10H2,1-4H3. The zero-order valence-electron chi connectivity index (χ0n) is 10.8. The number of likely N-dealkylation sites (N-methyl/N-ethyl adjacent to an activating group) is 1. The van der Waals surface area contributed by atoms with Crippen molar-refractivity contribution in [3.05, 3.63) is 29.8 Å². The highest BCUT2D eigenvalue weighted by Gasteiger charge is 2.14. The molecule has 1 rings (SSSR count). The first kappa shape index (κ1) is 13.0. The summed E-state index contributed by atoms with van der Waals surface area (Å²) >= 11 is 0. The summed E-state index contributed by atoms with van der Waals surface area (Å²) in [6, 6.07) is 8.23. The maximum absolute atomic E-state index is 6.00. The van der Waals surface area contributed by atoms with Gasteiger partial charge in [0.25, 0.3) is 0 Å². The van der Waals surface area contributed by atoms with Gasteiger partial charge >= 0.3 is 0 Å². The van der Waals surface area contributed by atoms with Crippen molar-refractivity contribution >= 4 is 0 Å². The Kier molecular flexibility index (Phi) is 5.33. The topological polar surface area (TPSA) is 21.3 Å². The highest BCUT2D eigenvalue weighted by molar-refractivity contribution is 5.27. The van der Waals surface area contributed by atoms with E-state index >= 15 is 0 Å². The molecule has 2 nitrogen and oxygen atoms in total. The van der Waals surface area contributed by atoms with Crippen molar-refractivity contribution in [3.8, 4) is 5.75 Å². The minimum Gasteiger partial charge on any atom is -0.489 e. The van der Waals surface area contributed by atoms with Gasteiger partial charge in [-0.3, -0.25) is 0 Å². The van der Waals surface area contributed by atoms with Crippen LogP contribution < -0.4 is 10.1 Å². The van der Waals surface area contributed by atoms with Gasteiger partial charge in [0.1, 0.15) is 11.9 Å². The largest absolute Gasteiger partial charge is 0.489 e. The van der Waals surface area contributed by atoms with Crippen molar-refractivity contribution in [1.82, 2.24) is 5.32 Å². The van der Waals surface area contributed by atoms with E-state index in [0.29, 0.717) is 5.92 Å². The van der Waals surface area contributed by atoms with Crippen LogP contribution in [0.1, 0.15) is 26.3 Å². The van der Waals surface area contributed by atoms with Gasteiger partial charge in [0, 0.05) is 6.54 Å². The summed E-state index contributed by atoms with van der Waals surface area (Å²) in [4.78, 5) is 0. The van der Waals surface area contributed by atoms with Crippen LogP contribution in [-0.2, 0) is 0 Å². The van der Waals surface area contributed by atoms with Crippen molar-refractivity contribution in [2.75, 3.05) is 13.1 Å². The molecule has 0 aliphatic heterocycles. The lowest BCUT2D eigenvalue weighted by Crippen LogP contribution is -2.35. The van der Waals surface area contributed by atoms with E-state index in [9.17, 15) is 0 Å². The molecular weight excluding hydrogens is 198 g/mol. The molecule has 90 valence electrons. The third kappa shape index (κ3) is 4.23. The first-order valence-electron chi connectivity index (χ1n) is 6.07. The van der Waals surface area contributed by atoms with E-state index in [1.807, 2.05) is 12.1 Å². The van der Waals surface area contributed by atoms with E-state index in [2.05, 4.69) is 45.1 Å². The van der Waals surface area contributed by atoms with E-state index in [1.54, 1.807) is 0 Å². The third-order valence-electron chi connectivity index (χ3n) is 2.62. The van der Waals surface area contributed by atoms with Crippen LogP contribution in [0, 0.1) is 12.8 Å².